The third-order valence-electron chi connectivity index (χ3n) is 7.25. The van der Waals surface area contributed by atoms with Gasteiger partial charge in [0, 0.05) is 0 Å². The molecular formula is C33H26ClP. The summed E-state index contributed by atoms with van der Waals surface area (Å²) >= 11 is 8.10. The number of fused-ring (bicyclic) bond motifs is 2. The summed E-state index contributed by atoms with van der Waals surface area (Å²) in [6, 6.07) is 49.7. The topological polar surface area (TPSA) is 0 Å². The molecule has 0 N–H and O–H groups in total. The van der Waals surface area contributed by atoms with Gasteiger partial charge in [0.1, 0.15) is 0 Å². The normalized spacial score (nSPS) is 12.9. The zero-order valence-corrected chi connectivity index (χ0v) is 21.3. The van der Waals surface area contributed by atoms with Crippen LogP contribution >= 0.6 is 17.2 Å². The average molecular weight is 489 g/mol. The first-order chi connectivity index (χ1) is 17.1. The quantitative estimate of drug-likeness (QED) is 0.173. The van der Waals surface area contributed by atoms with Crippen molar-refractivity contribution in [2.75, 3.05) is 6.66 Å². The van der Waals surface area contributed by atoms with Crippen molar-refractivity contribution in [2.24, 2.45) is 0 Å². The number of hydrogen-bond donors (Lipinski definition) is 0. The van der Waals surface area contributed by atoms with E-state index in [1.807, 2.05) is 0 Å². The first-order valence-electron chi connectivity index (χ1n) is 11.9. The Balaban J connectivity index is 1.71. The summed E-state index contributed by atoms with van der Waals surface area (Å²) in [7, 11) is 0. The van der Waals surface area contributed by atoms with Gasteiger partial charge in [-0.1, -0.05) is 0 Å². The molecule has 6 rings (SSSR count). The second kappa shape index (κ2) is 8.35. The molecule has 0 atom stereocenters. The minimum atomic E-state index is -3.29. The summed E-state index contributed by atoms with van der Waals surface area (Å²) in [5, 5.41) is 8.52. The van der Waals surface area contributed by atoms with Gasteiger partial charge in [-0.25, -0.2) is 0 Å². The van der Waals surface area contributed by atoms with Crippen molar-refractivity contribution in [2.45, 2.75) is 0 Å². The van der Waals surface area contributed by atoms with Crippen molar-refractivity contribution in [1.82, 2.24) is 0 Å². The Kier molecular flexibility index (Phi) is 5.26. The molecule has 6 aromatic rings. The minimum absolute atomic E-state index is 1.17. The average Bonchev–Trinajstić information content (AvgIpc) is 2.93. The molecule has 0 unspecified atom stereocenters. The molecule has 0 aliphatic rings. The summed E-state index contributed by atoms with van der Waals surface area (Å²) < 4.78 is 0. The molecule has 6 aromatic carbocycles. The Morgan fingerprint density at radius 3 is 1.60 bits per heavy atom. The van der Waals surface area contributed by atoms with E-state index in [2.05, 4.69) is 146 Å². The third-order valence-corrected chi connectivity index (χ3v) is 13.6. The van der Waals surface area contributed by atoms with Crippen LogP contribution in [0.3, 0.4) is 0 Å². The molecule has 0 bridgehead atoms. The summed E-state index contributed by atoms with van der Waals surface area (Å²) in [6.07, 6.45) is 0. The van der Waals surface area contributed by atoms with Crippen LogP contribution in [0, 0.1) is 0 Å². The summed E-state index contributed by atoms with van der Waals surface area (Å²) in [6.45, 7) is 2.27. The Hall–Kier alpha value is -3.44. The van der Waals surface area contributed by atoms with Crippen LogP contribution in [0.4, 0.5) is 0 Å². The van der Waals surface area contributed by atoms with Crippen LogP contribution < -0.4 is 15.9 Å². The summed E-state index contributed by atoms with van der Waals surface area (Å²) in [5.74, 6) is -3.29. The van der Waals surface area contributed by atoms with Gasteiger partial charge in [0.25, 0.3) is 0 Å². The van der Waals surface area contributed by atoms with Crippen molar-refractivity contribution in [3.63, 3.8) is 0 Å². The molecular weight excluding hydrogens is 463 g/mol. The SMILES string of the molecule is CP(Cl)(c1ccccc1)(c1ccccc1)c1ccccc1-c1cccc2cc3ccccc3cc12. The zero-order chi connectivity index (χ0) is 23.9. The van der Waals surface area contributed by atoms with Crippen LogP contribution in [0.1, 0.15) is 0 Å². The Labute approximate surface area is 211 Å². The van der Waals surface area contributed by atoms with Crippen LogP contribution in [-0.2, 0) is 0 Å². The van der Waals surface area contributed by atoms with E-state index in [0.717, 1.165) is 0 Å². The second-order valence-corrected chi connectivity index (χ2v) is 16.3. The molecule has 2 heteroatoms. The Morgan fingerprint density at radius 2 is 0.943 bits per heavy atom. The predicted molar refractivity (Wildman–Crippen MR) is 157 cm³/mol. The van der Waals surface area contributed by atoms with Gasteiger partial charge in [0.15, 0.2) is 0 Å². The molecule has 0 radical (unpaired) electrons. The van der Waals surface area contributed by atoms with Gasteiger partial charge in [-0.2, -0.15) is 0 Å². The van der Waals surface area contributed by atoms with Crippen molar-refractivity contribution < 1.29 is 0 Å². The maximum absolute atomic E-state index is 8.10. The van der Waals surface area contributed by atoms with Gasteiger partial charge < -0.3 is 0 Å². The van der Waals surface area contributed by atoms with Crippen molar-refractivity contribution in [3.05, 3.63) is 140 Å². The van der Waals surface area contributed by atoms with E-state index >= 15 is 0 Å². The molecule has 0 nitrogen and oxygen atoms in total. The second-order valence-electron chi connectivity index (χ2n) is 9.34. The van der Waals surface area contributed by atoms with E-state index in [4.69, 9.17) is 11.2 Å². The van der Waals surface area contributed by atoms with Crippen LogP contribution in [0.15, 0.2) is 140 Å². The Bertz CT molecular complexity index is 1630. The van der Waals surface area contributed by atoms with Gasteiger partial charge in [-0.05, 0) is 0 Å². The maximum atomic E-state index is 8.10. The van der Waals surface area contributed by atoms with E-state index < -0.39 is 5.96 Å². The molecule has 0 aliphatic heterocycles. The fourth-order valence-corrected chi connectivity index (χ4v) is 10.3. The van der Waals surface area contributed by atoms with Crippen LogP contribution in [-0.4, -0.2) is 6.66 Å². The predicted octanol–water partition coefficient (Wildman–Crippen LogP) is 8.27. The molecule has 0 heterocycles. The molecule has 170 valence electrons. The van der Waals surface area contributed by atoms with E-state index in [1.165, 1.54) is 48.6 Å². The van der Waals surface area contributed by atoms with E-state index in [1.54, 1.807) is 0 Å². The van der Waals surface area contributed by atoms with Gasteiger partial charge in [0.2, 0.25) is 0 Å². The summed E-state index contributed by atoms with van der Waals surface area (Å²) in [5.41, 5.74) is 2.41. The number of rotatable bonds is 4. The molecule has 0 saturated carbocycles. The van der Waals surface area contributed by atoms with Gasteiger partial charge in [-0.15, -0.1) is 0 Å². The molecule has 0 spiro atoms. The van der Waals surface area contributed by atoms with Gasteiger partial charge >= 0.3 is 212 Å². The number of hydrogen-bond acceptors (Lipinski definition) is 0. The molecule has 0 fully saturated rings. The van der Waals surface area contributed by atoms with E-state index in [9.17, 15) is 0 Å². The third kappa shape index (κ3) is 3.49. The first-order valence-corrected chi connectivity index (χ1v) is 15.5. The fraction of sp³-hybridized carbons (Fsp3) is 0.0303. The van der Waals surface area contributed by atoms with Crippen LogP contribution in [0.2, 0.25) is 0 Å². The van der Waals surface area contributed by atoms with Crippen molar-refractivity contribution >= 4 is 54.7 Å². The molecule has 0 aliphatic carbocycles. The van der Waals surface area contributed by atoms with Crippen LogP contribution in [0.25, 0.3) is 32.7 Å². The molecule has 0 aromatic heterocycles. The van der Waals surface area contributed by atoms with E-state index in [-0.39, 0.29) is 0 Å². The van der Waals surface area contributed by atoms with Crippen molar-refractivity contribution in [3.8, 4) is 11.1 Å². The van der Waals surface area contributed by atoms with Crippen LogP contribution in [0.5, 0.6) is 0 Å². The molecule has 0 amide bonds. The molecule has 0 saturated heterocycles. The summed E-state index contributed by atoms with van der Waals surface area (Å²) in [4.78, 5) is 0. The standard InChI is InChI=1S/C33H26ClP/c1-35(34,28-16-4-2-5-17-28,29-18-6-3-7-19-29)33-22-11-10-20-31(33)30-21-12-15-27-23-25-13-8-9-14-26(25)24-32(27)30/h2-24H,1H3. The van der Waals surface area contributed by atoms with E-state index in [0.29, 0.717) is 0 Å². The fourth-order valence-electron chi connectivity index (χ4n) is 5.36. The van der Waals surface area contributed by atoms with Gasteiger partial charge in [0.05, 0.1) is 0 Å². The number of benzene rings is 6. The molecule has 35 heavy (non-hydrogen) atoms. The Morgan fingerprint density at radius 1 is 0.457 bits per heavy atom. The zero-order valence-electron chi connectivity index (χ0n) is 19.6. The van der Waals surface area contributed by atoms with Gasteiger partial charge in [-0.3, -0.25) is 0 Å². The van der Waals surface area contributed by atoms with Crippen molar-refractivity contribution in [1.29, 1.82) is 0 Å². The monoisotopic (exact) mass is 488 g/mol. The first kappa shape index (κ1) is 22.1. The number of halogens is 1.